The highest BCUT2D eigenvalue weighted by atomic mass is 19.1. The highest BCUT2D eigenvalue weighted by Crippen LogP contribution is 2.43. The molecule has 3 rings (SSSR count). The summed E-state index contributed by atoms with van der Waals surface area (Å²) in [6.07, 6.45) is 3.37. The van der Waals surface area contributed by atoms with Gasteiger partial charge in [-0.3, -0.25) is 10.2 Å². The van der Waals surface area contributed by atoms with Crippen LogP contribution in [0.1, 0.15) is 28.5 Å². The Morgan fingerprint density at radius 2 is 2.00 bits per heavy atom. The van der Waals surface area contributed by atoms with Gasteiger partial charge in [0, 0.05) is 36.0 Å². The van der Waals surface area contributed by atoms with E-state index in [4.69, 9.17) is 4.42 Å². The molecule has 6 heteroatoms. The van der Waals surface area contributed by atoms with E-state index in [0.717, 1.165) is 27.9 Å². The molecule has 0 spiro atoms. The van der Waals surface area contributed by atoms with Crippen LogP contribution in [0.4, 0.5) is 4.39 Å². The average Bonchev–Trinajstić information content (AvgIpc) is 2.92. The SMILES string of the molecule is Cc1coc(C)c1C1=CN(C)N(O)C1c1ccc(O)cc1F. The molecular weight excluding hydrogens is 287 g/mol. The van der Waals surface area contributed by atoms with Crippen molar-refractivity contribution in [3.63, 3.8) is 0 Å². The van der Waals surface area contributed by atoms with Gasteiger partial charge < -0.3 is 9.52 Å². The number of aromatic hydroxyl groups is 1. The van der Waals surface area contributed by atoms with Crippen LogP contribution in [0.25, 0.3) is 5.57 Å². The number of phenolic OH excluding ortho intramolecular Hbond substituents is 1. The third-order valence-electron chi connectivity index (χ3n) is 3.90. The third-order valence-corrected chi connectivity index (χ3v) is 3.90. The number of hydrogen-bond acceptors (Lipinski definition) is 5. The van der Waals surface area contributed by atoms with Crippen LogP contribution < -0.4 is 0 Å². The van der Waals surface area contributed by atoms with E-state index in [1.165, 1.54) is 17.1 Å². The van der Waals surface area contributed by atoms with Crippen molar-refractivity contribution in [3.8, 4) is 5.75 Å². The summed E-state index contributed by atoms with van der Waals surface area (Å²) < 4.78 is 19.7. The van der Waals surface area contributed by atoms with Crippen LogP contribution in [-0.2, 0) is 0 Å². The molecule has 5 nitrogen and oxygen atoms in total. The van der Waals surface area contributed by atoms with Crippen LogP contribution in [0, 0.1) is 19.7 Å². The molecule has 22 heavy (non-hydrogen) atoms. The molecule has 0 saturated carbocycles. The molecule has 1 aliphatic heterocycles. The Kier molecular flexibility index (Phi) is 3.42. The first-order chi connectivity index (χ1) is 10.4. The largest absolute Gasteiger partial charge is 0.508 e. The third kappa shape index (κ3) is 2.17. The number of aryl methyl sites for hydroxylation is 2. The summed E-state index contributed by atoms with van der Waals surface area (Å²) in [4.78, 5) is 0. The first-order valence-electron chi connectivity index (χ1n) is 6.86. The van der Waals surface area contributed by atoms with Gasteiger partial charge in [-0.15, -0.1) is 0 Å². The quantitative estimate of drug-likeness (QED) is 0.890. The fraction of sp³-hybridized carbons (Fsp3) is 0.250. The van der Waals surface area contributed by atoms with Gasteiger partial charge in [0.2, 0.25) is 0 Å². The molecule has 0 radical (unpaired) electrons. The van der Waals surface area contributed by atoms with Gasteiger partial charge in [-0.2, -0.15) is 0 Å². The molecule has 2 aromatic rings. The Labute approximate surface area is 127 Å². The van der Waals surface area contributed by atoms with E-state index in [2.05, 4.69) is 0 Å². The number of benzene rings is 1. The number of halogens is 1. The summed E-state index contributed by atoms with van der Waals surface area (Å²) in [6, 6.07) is 3.20. The monoisotopic (exact) mass is 304 g/mol. The second-order valence-corrected chi connectivity index (χ2v) is 5.44. The maximum atomic E-state index is 14.3. The van der Waals surface area contributed by atoms with Crippen LogP contribution in [0.5, 0.6) is 5.75 Å². The highest BCUT2D eigenvalue weighted by molar-refractivity contribution is 5.75. The molecule has 0 bridgehead atoms. The van der Waals surface area contributed by atoms with Crippen LogP contribution in [-0.4, -0.2) is 27.5 Å². The molecule has 2 heterocycles. The zero-order valence-electron chi connectivity index (χ0n) is 12.5. The first-order valence-corrected chi connectivity index (χ1v) is 6.86. The Morgan fingerprint density at radius 3 is 2.59 bits per heavy atom. The lowest BCUT2D eigenvalue weighted by Crippen LogP contribution is -2.31. The molecule has 1 aliphatic rings. The lowest BCUT2D eigenvalue weighted by molar-refractivity contribution is -0.222. The number of phenols is 1. The Balaban J connectivity index is 2.14. The molecule has 0 amide bonds. The van der Waals surface area contributed by atoms with Gasteiger partial charge in [0.15, 0.2) is 0 Å². The van der Waals surface area contributed by atoms with Gasteiger partial charge >= 0.3 is 0 Å². The maximum absolute atomic E-state index is 14.3. The molecule has 0 saturated heterocycles. The number of furan rings is 1. The van der Waals surface area contributed by atoms with Crippen LogP contribution >= 0.6 is 0 Å². The minimum Gasteiger partial charge on any atom is -0.508 e. The van der Waals surface area contributed by atoms with Gasteiger partial charge in [0.05, 0.1) is 6.26 Å². The van der Waals surface area contributed by atoms with Gasteiger partial charge in [-0.25, -0.2) is 4.39 Å². The average molecular weight is 304 g/mol. The minimum atomic E-state index is -0.708. The van der Waals surface area contributed by atoms with Crippen molar-refractivity contribution in [1.29, 1.82) is 0 Å². The molecular formula is C16H17FN2O3. The summed E-state index contributed by atoms with van der Waals surface area (Å²) in [5.74, 6) is -0.0287. The summed E-state index contributed by atoms with van der Waals surface area (Å²) in [5, 5.41) is 22.1. The van der Waals surface area contributed by atoms with Gasteiger partial charge in [0.25, 0.3) is 0 Å². The number of hydroxylamine groups is 1. The van der Waals surface area contributed by atoms with E-state index in [-0.39, 0.29) is 11.3 Å². The molecule has 1 atom stereocenters. The minimum absolute atomic E-state index is 0.154. The molecule has 2 N–H and O–H groups in total. The predicted octanol–water partition coefficient (Wildman–Crippen LogP) is 3.37. The Hall–Kier alpha value is -2.31. The number of rotatable bonds is 2. The smallest absolute Gasteiger partial charge is 0.132 e. The normalized spacial score (nSPS) is 18.9. The highest BCUT2D eigenvalue weighted by Gasteiger charge is 2.36. The van der Waals surface area contributed by atoms with E-state index in [1.54, 1.807) is 19.5 Å². The van der Waals surface area contributed by atoms with Crippen LogP contribution in [0.2, 0.25) is 0 Å². The van der Waals surface area contributed by atoms with Gasteiger partial charge in [-0.05, 0) is 25.5 Å². The topological polar surface area (TPSA) is 60.1 Å². The zero-order chi connectivity index (χ0) is 16.0. The first kappa shape index (κ1) is 14.6. The lowest BCUT2D eigenvalue weighted by atomic mass is 9.92. The molecule has 116 valence electrons. The standard InChI is InChI=1S/C16H17FN2O3/c1-9-8-22-10(2)15(9)13-7-18(3)19(21)16(13)12-5-4-11(20)6-14(12)17/h4-8,16,20-21H,1-3H3. The zero-order valence-corrected chi connectivity index (χ0v) is 12.5. The van der Waals surface area contributed by atoms with E-state index in [1.807, 2.05) is 13.8 Å². The van der Waals surface area contributed by atoms with Crippen molar-refractivity contribution in [3.05, 3.63) is 58.9 Å². The maximum Gasteiger partial charge on any atom is 0.132 e. The predicted molar refractivity (Wildman–Crippen MR) is 78.4 cm³/mol. The van der Waals surface area contributed by atoms with E-state index in [0.29, 0.717) is 5.76 Å². The van der Waals surface area contributed by atoms with Gasteiger partial charge in [0.1, 0.15) is 23.4 Å². The summed E-state index contributed by atoms with van der Waals surface area (Å²) in [5.41, 5.74) is 2.77. The van der Waals surface area contributed by atoms with Crippen LogP contribution in [0.3, 0.4) is 0 Å². The van der Waals surface area contributed by atoms with Crippen molar-refractivity contribution in [2.75, 3.05) is 7.05 Å². The Morgan fingerprint density at radius 1 is 1.27 bits per heavy atom. The molecule has 1 aromatic carbocycles. The molecule has 0 aliphatic carbocycles. The molecule has 1 unspecified atom stereocenters. The van der Waals surface area contributed by atoms with Crippen molar-refractivity contribution in [2.24, 2.45) is 0 Å². The van der Waals surface area contributed by atoms with Gasteiger partial charge in [-0.1, -0.05) is 11.2 Å². The summed E-state index contributed by atoms with van der Waals surface area (Å²) in [6.45, 7) is 3.73. The van der Waals surface area contributed by atoms with E-state index < -0.39 is 11.9 Å². The van der Waals surface area contributed by atoms with Crippen molar-refractivity contribution in [1.82, 2.24) is 10.2 Å². The summed E-state index contributed by atoms with van der Waals surface area (Å²) >= 11 is 0. The van der Waals surface area contributed by atoms with E-state index in [9.17, 15) is 14.7 Å². The van der Waals surface area contributed by atoms with Crippen molar-refractivity contribution in [2.45, 2.75) is 19.9 Å². The van der Waals surface area contributed by atoms with E-state index >= 15 is 0 Å². The number of hydrazine groups is 1. The van der Waals surface area contributed by atoms with Crippen molar-refractivity contribution < 1.29 is 19.1 Å². The van der Waals surface area contributed by atoms with Crippen molar-refractivity contribution >= 4 is 5.57 Å². The summed E-state index contributed by atoms with van der Waals surface area (Å²) in [7, 11) is 1.67. The fourth-order valence-corrected chi connectivity index (χ4v) is 2.87. The number of hydrogen-bond donors (Lipinski definition) is 2. The van der Waals surface area contributed by atoms with Crippen LogP contribution in [0.15, 0.2) is 35.1 Å². The molecule has 0 fully saturated rings. The molecule has 1 aromatic heterocycles. The Bertz CT molecular complexity index is 734. The lowest BCUT2D eigenvalue weighted by Gasteiger charge is -2.26. The number of nitrogens with zero attached hydrogens (tertiary/aromatic N) is 2. The second-order valence-electron chi connectivity index (χ2n) is 5.44. The fourth-order valence-electron chi connectivity index (χ4n) is 2.87. The second kappa shape index (κ2) is 5.15.